The number of carbonyl (C=O) groups excluding carboxylic acids is 1. The van der Waals surface area contributed by atoms with Crippen LogP contribution in [0.25, 0.3) is 0 Å². The number of ether oxygens (including phenoxy) is 1. The molecule has 19 heavy (non-hydrogen) atoms. The van der Waals surface area contributed by atoms with Crippen LogP contribution in [0.1, 0.15) is 35.4 Å². The zero-order valence-corrected chi connectivity index (χ0v) is 11.3. The van der Waals surface area contributed by atoms with Crippen LogP contribution in [0.2, 0.25) is 0 Å². The first kappa shape index (κ1) is 14.0. The number of methoxy groups -OCH3 is 1. The Hall–Kier alpha value is -1.46. The van der Waals surface area contributed by atoms with Gasteiger partial charge in [0.1, 0.15) is 11.8 Å². The number of rotatable bonds is 3. The molecule has 2 N–H and O–H groups in total. The van der Waals surface area contributed by atoms with Gasteiger partial charge in [0.2, 0.25) is 0 Å². The van der Waals surface area contributed by atoms with E-state index < -0.39 is 6.10 Å². The van der Waals surface area contributed by atoms with Crippen LogP contribution < -0.4 is 5.32 Å². The van der Waals surface area contributed by atoms with Crippen molar-refractivity contribution in [3.8, 4) is 0 Å². The summed E-state index contributed by atoms with van der Waals surface area (Å²) in [7, 11) is 1.58. The van der Waals surface area contributed by atoms with Crippen molar-refractivity contribution in [1.29, 1.82) is 0 Å². The lowest BCUT2D eigenvalue weighted by atomic mass is 9.90. The third-order valence-electron chi connectivity index (χ3n) is 3.54. The Kier molecular flexibility index (Phi) is 4.50. The number of nitrogens with one attached hydrogen (secondary N) is 1. The van der Waals surface area contributed by atoms with E-state index in [4.69, 9.17) is 4.74 Å². The fourth-order valence-corrected chi connectivity index (χ4v) is 2.47. The largest absolute Gasteiger partial charge is 0.388 e. The summed E-state index contributed by atoms with van der Waals surface area (Å²) >= 11 is 0. The number of aliphatic hydroxyl groups is 1. The normalized spacial score (nSPS) is 27.0. The van der Waals surface area contributed by atoms with Gasteiger partial charge < -0.3 is 15.2 Å². The number of aromatic nitrogens is 1. The van der Waals surface area contributed by atoms with Crippen molar-refractivity contribution in [3.05, 3.63) is 29.6 Å². The first-order valence-corrected chi connectivity index (χ1v) is 6.57. The molecule has 0 spiro atoms. The quantitative estimate of drug-likeness (QED) is 0.856. The standard InChI is InChI=1S/C14H20N2O3/c1-9-5-3-7-11(15-9)14(18)16-10-6-4-8-12(19-2)13(10)17/h3,5,7,10,12-13,17H,4,6,8H2,1-2H3,(H,16,18)/t10-,12-,13-/m1/s1. The fraction of sp³-hybridized carbons (Fsp3) is 0.571. The number of amides is 1. The maximum atomic E-state index is 12.1. The smallest absolute Gasteiger partial charge is 0.270 e. The Morgan fingerprint density at radius 3 is 2.95 bits per heavy atom. The molecular weight excluding hydrogens is 244 g/mol. The molecule has 3 atom stereocenters. The minimum atomic E-state index is -0.660. The van der Waals surface area contributed by atoms with Crippen LogP contribution in [0.4, 0.5) is 0 Å². The second kappa shape index (κ2) is 6.12. The summed E-state index contributed by atoms with van der Waals surface area (Å²) in [5.41, 5.74) is 1.18. The molecule has 1 fully saturated rings. The van der Waals surface area contributed by atoms with Crippen molar-refractivity contribution in [1.82, 2.24) is 10.3 Å². The van der Waals surface area contributed by atoms with E-state index in [9.17, 15) is 9.90 Å². The molecule has 5 heteroatoms. The highest BCUT2D eigenvalue weighted by molar-refractivity contribution is 5.92. The van der Waals surface area contributed by atoms with Gasteiger partial charge in [-0.3, -0.25) is 4.79 Å². The molecule has 2 rings (SSSR count). The number of nitrogens with zero attached hydrogens (tertiary/aromatic N) is 1. The first-order valence-electron chi connectivity index (χ1n) is 6.57. The Bertz CT molecular complexity index is 450. The molecule has 5 nitrogen and oxygen atoms in total. The summed E-state index contributed by atoms with van der Waals surface area (Å²) in [6.07, 6.45) is 1.66. The zero-order valence-electron chi connectivity index (χ0n) is 11.3. The van der Waals surface area contributed by atoms with Crippen molar-refractivity contribution in [2.24, 2.45) is 0 Å². The highest BCUT2D eigenvalue weighted by atomic mass is 16.5. The van der Waals surface area contributed by atoms with Crippen LogP contribution in [-0.2, 0) is 4.74 Å². The number of aliphatic hydroxyl groups excluding tert-OH is 1. The van der Waals surface area contributed by atoms with E-state index in [2.05, 4.69) is 10.3 Å². The Balaban J connectivity index is 2.02. The topological polar surface area (TPSA) is 71.5 Å². The lowest BCUT2D eigenvalue weighted by molar-refractivity contribution is -0.0513. The lowest BCUT2D eigenvalue weighted by Gasteiger charge is -2.34. The molecule has 1 saturated carbocycles. The molecule has 0 radical (unpaired) electrons. The Morgan fingerprint density at radius 1 is 1.47 bits per heavy atom. The van der Waals surface area contributed by atoms with Crippen LogP contribution in [0.15, 0.2) is 18.2 Å². The third kappa shape index (κ3) is 3.30. The minimum absolute atomic E-state index is 0.204. The molecule has 1 amide bonds. The second-order valence-corrected chi connectivity index (χ2v) is 4.94. The molecule has 1 aromatic rings. The van der Waals surface area contributed by atoms with E-state index in [-0.39, 0.29) is 18.1 Å². The van der Waals surface area contributed by atoms with E-state index in [0.29, 0.717) is 5.69 Å². The van der Waals surface area contributed by atoms with E-state index in [1.54, 1.807) is 19.2 Å². The molecule has 1 aliphatic rings. The molecular formula is C14H20N2O3. The van der Waals surface area contributed by atoms with E-state index in [0.717, 1.165) is 25.0 Å². The van der Waals surface area contributed by atoms with Gasteiger partial charge in [0.05, 0.1) is 12.1 Å². The van der Waals surface area contributed by atoms with Crippen molar-refractivity contribution in [2.75, 3.05) is 7.11 Å². The van der Waals surface area contributed by atoms with Gasteiger partial charge in [-0.05, 0) is 38.3 Å². The average molecular weight is 264 g/mol. The molecule has 0 saturated heterocycles. The summed E-state index contributed by atoms with van der Waals surface area (Å²) in [5.74, 6) is -0.246. The molecule has 104 valence electrons. The summed E-state index contributed by atoms with van der Waals surface area (Å²) in [6, 6.07) is 5.04. The average Bonchev–Trinajstić information content (AvgIpc) is 2.41. The van der Waals surface area contributed by atoms with Gasteiger partial charge in [0, 0.05) is 12.8 Å². The number of aryl methyl sites for hydroxylation is 1. The summed E-state index contributed by atoms with van der Waals surface area (Å²) < 4.78 is 5.22. The number of hydrogen-bond donors (Lipinski definition) is 2. The monoisotopic (exact) mass is 264 g/mol. The summed E-state index contributed by atoms with van der Waals surface area (Å²) in [5, 5.41) is 13.0. The summed E-state index contributed by atoms with van der Waals surface area (Å²) in [6.45, 7) is 1.84. The lowest BCUT2D eigenvalue weighted by Crippen LogP contribution is -2.51. The second-order valence-electron chi connectivity index (χ2n) is 4.94. The van der Waals surface area contributed by atoms with Crippen LogP contribution >= 0.6 is 0 Å². The van der Waals surface area contributed by atoms with Crippen molar-refractivity contribution < 1.29 is 14.6 Å². The van der Waals surface area contributed by atoms with Crippen LogP contribution in [0.5, 0.6) is 0 Å². The Labute approximate surface area is 113 Å². The van der Waals surface area contributed by atoms with Gasteiger partial charge in [0.15, 0.2) is 0 Å². The van der Waals surface area contributed by atoms with Crippen molar-refractivity contribution in [3.63, 3.8) is 0 Å². The number of carbonyl (C=O) groups is 1. The SMILES string of the molecule is CO[C@@H]1CCC[C@@H](NC(=O)c2cccc(C)n2)[C@H]1O. The molecule has 0 aliphatic heterocycles. The molecule has 1 aromatic heterocycles. The van der Waals surface area contributed by atoms with Crippen molar-refractivity contribution >= 4 is 5.91 Å². The van der Waals surface area contributed by atoms with Gasteiger partial charge in [-0.1, -0.05) is 6.07 Å². The fourth-order valence-electron chi connectivity index (χ4n) is 2.47. The van der Waals surface area contributed by atoms with Gasteiger partial charge >= 0.3 is 0 Å². The minimum Gasteiger partial charge on any atom is -0.388 e. The molecule has 1 heterocycles. The number of pyridine rings is 1. The van der Waals surface area contributed by atoms with Gasteiger partial charge in [-0.2, -0.15) is 0 Å². The van der Waals surface area contributed by atoms with Crippen molar-refractivity contribution in [2.45, 2.75) is 44.4 Å². The van der Waals surface area contributed by atoms with E-state index in [1.165, 1.54) is 0 Å². The van der Waals surface area contributed by atoms with Gasteiger partial charge in [-0.25, -0.2) is 4.98 Å². The summed E-state index contributed by atoms with van der Waals surface area (Å²) in [4.78, 5) is 16.3. The van der Waals surface area contributed by atoms with Gasteiger partial charge in [0.25, 0.3) is 5.91 Å². The number of hydrogen-bond acceptors (Lipinski definition) is 4. The van der Waals surface area contributed by atoms with Crippen LogP contribution in [0.3, 0.4) is 0 Å². The van der Waals surface area contributed by atoms with E-state index in [1.807, 2.05) is 13.0 Å². The maximum Gasteiger partial charge on any atom is 0.270 e. The molecule has 0 aromatic carbocycles. The molecule has 0 bridgehead atoms. The van der Waals surface area contributed by atoms with Crippen LogP contribution in [-0.4, -0.2) is 41.4 Å². The highest BCUT2D eigenvalue weighted by Gasteiger charge is 2.33. The predicted molar refractivity (Wildman–Crippen MR) is 70.9 cm³/mol. The maximum absolute atomic E-state index is 12.1. The third-order valence-corrected chi connectivity index (χ3v) is 3.54. The first-order chi connectivity index (χ1) is 9.11. The molecule has 1 aliphatic carbocycles. The predicted octanol–water partition coefficient (Wildman–Crippen LogP) is 1.05. The van der Waals surface area contributed by atoms with E-state index >= 15 is 0 Å². The molecule has 0 unspecified atom stereocenters. The Morgan fingerprint density at radius 2 is 2.26 bits per heavy atom. The van der Waals surface area contributed by atoms with Gasteiger partial charge in [-0.15, -0.1) is 0 Å². The highest BCUT2D eigenvalue weighted by Crippen LogP contribution is 2.21. The zero-order chi connectivity index (χ0) is 13.8. The van der Waals surface area contributed by atoms with Crippen LogP contribution in [0, 0.1) is 6.92 Å².